The number of nitrogens with zero attached hydrogens (tertiary/aromatic N) is 1. The Morgan fingerprint density at radius 3 is 2.30 bits per heavy atom. The van der Waals surface area contributed by atoms with Gasteiger partial charge in [-0.3, -0.25) is 4.79 Å². The van der Waals surface area contributed by atoms with Crippen molar-refractivity contribution >= 4 is 26.7 Å². The number of rotatable bonds is 6. The molecule has 3 aromatic rings. The fraction of sp³-hybridized carbons (Fsp3) is 0.375. The summed E-state index contributed by atoms with van der Waals surface area (Å²) in [4.78, 5) is 14.9. The van der Waals surface area contributed by atoms with Crippen LogP contribution in [0, 0.1) is 6.92 Å². The van der Waals surface area contributed by atoms with Crippen molar-refractivity contribution in [2.24, 2.45) is 0 Å². The van der Waals surface area contributed by atoms with Crippen molar-refractivity contribution < 1.29 is 17.6 Å². The zero-order valence-electron chi connectivity index (χ0n) is 18.4. The first-order chi connectivity index (χ1) is 14.0. The Bertz CT molecular complexity index is 1170. The molecule has 0 radical (unpaired) electrons. The molecule has 30 heavy (non-hydrogen) atoms. The summed E-state index contributed by atoms with van der Waals surface area (Å²) in [5.74, 6) is 0.370. The van der Waals surface area contributed by atoms with Crippen LogP contribution < -0.4 is 0 Å². The molecule has 1 atom stereocenters. The van der Waals surface area contributed by atoms with Crippen LogP contribution in [0.25, 0.3) is 11.0 Å². The van der Waals surface area contributed by atoms with Crippen LogP contribution in [0.1, 0.15) is 55.0 Å². The first kappa shape index (κ1) is 22.1. The Morgan fingerprint density at radius 2 is 1.73 bits per heavy atom. The molecule has 5 nitrogen and oxygen atoms in total. The molecular weight excluding hydrogens is 398 g/mol. The SMILES string of the molecule is Cc1cc2occ(CC(=O)N(C)C(C)c3ccc(S(C)(=O)=O)cc3)c2cc1C(C)C. The maximum atomic E-state index is 13.0. The van der Waals surface area contributed by atoms with Gasteiger partial charge < -0.3 is 9.32 Å². The summed E-state index contributed by atoms with van der Waals surface area (Å²) < 4.78 is 29.0. The predicted molar refractivity (Wildman–Crippen MR) is 119 cm³/mol. The van der Waals surface area contributed by atoms with Crippen LogP contribution in [0.3, 0.4) is 0 Å². The first-order valence-corrected chi connectivity index (χ1v) is 11.9. The number of amides is 1. The van der Waals surface area contributed by atoms with Crippen LogP contribution in [0.2, 0.25) is 0 Å². The van der Waals surface area contributed by atoms with Gasteiger partial charge in [0.05, 0.1) is 23.6 Å². The fourth-order valence-corrected chi connectivity index (χ4v) is 4.35. The third kappa shape index (κ3) is 4.43. The molecule has 3 rings (SSSR count). The van der Waals surface area contributed by atoms with E-state index in [1.54, 1.807) is 42.5 Å². The third-order valence-electron chi connectivity index (χ3n) is 5.77. The molecule has 0 spiro atoms. The van der Waals surface area contributed by atoms with Crippen LogP contribution in [0.15, 0.2) is 52.0 Å². The standard InChI is InChI=1S/C24H29NO4S/c1-15(2)21-13-22-19(14-29-23(22)11-16(21)3)12-24(26)25(5)17(4)18-7-9-20(10-8-18)30(6,27)28/h7-11,13-15,17H,12H2,1-6H3. The third-order valence-corrected chi connectivity index (χ3v) is 6.90. The molecular formula is C24H29NO4S. The van der Waals surface area contributed by atoms with E-state index in [1.807, 2.05) is 13.0 Å². The lowest BCUT2D eigenvalue weighted by atomic mass is 9.95. The fourth-order valence-electron chi connectivity index (χ4n) is 3.72. The van der Waals surface area contributed by atoms with Gasteiger partial charge in [0, 0.05) is 24.3 Å². The average Bonchev–Trinajstić information content (AvgIpc) is 3.06. The highest BCUT2D eigenvalue weighted by Gasteiger charge is 2.21. The Labute approximate surface area is 178 Å². The van der Waals surface area contributed by atoms with Crippen molar-refractivity contribution in [2.45, 2.75) is 51.0 Å². The molecule has 0 aliphatic heterocycles. The lowest BCUT2D eigenvalue weighted by molar-refractivity contribution is -0.131. The van der Waals surface area contributed by atoms with E-state index < -0.39 is 9.84 Å². The predicted octanol–water partition coefficient (Wildman–Crippen LogP) is 5.03. The number of fused-ring (bicyclic) bond motifs is 1. The van der Waals surface area contributed by atoms with E-state index in [-0.39, 0.29) is 23.3 Å². The number of likely N-dealkylation sites (N-methyl/N-ethyl adjacent to an activating group) is 1. The zero-order valence-corrected chi connectivity index (χ0v) is 19.2. The minimum atomic E-state index is -3.24. The largest absolute Gasteiger partial charge is 0.464 e. The van der Waals surface area contributed by atoms with Gasteiger partial charge in [-0.2, -0.15) is 0 Å². The lowest BCUT2D eigenvalue weighted by Gasteiger charge is -2.25. The van der Waals surface area contributed by atoms with Gasteiger partial charge in [-0.1, -0.05) is 26.0 Å². The van der Waals surface area contributed by atoms with Gasteiger partial charge in [0.25, 0.3) is 0 Å². The quantitative estimate of drug-likeness (QED) is 0.553. The number of furan rings is 1. The minimum Gasteiger partial charge on any atom is -0.464 e. The zero-order chi connectivity index (χ0) is 22.2. The molecule has 0 N–H and O–H groups in total. The summed E-state index contributed by atoms with van der Waals surface area (Å²) in [6.45, 7) is 8.32. The van der Waals surface area contributed by atoms with E-state index in [0.717, 1.165) is 22.1 Å². The average molecular weight is 428 g/mol. The molecule has 0 fully saturated rings. The molecule has 1 heterocycles. The van der Waals surface area contributed by atoms with Crippen molar-refractivity contribution in [2.75, 3.05) is 13.3 Å². The second-order valence-corrected chi connectivity index (χ2v) is 10.3. The van der Waals surface area contributed by atoms with Crippen LogP contribution in [0.4, 0.5) is 0 Å². The van der Waals surface area contributed by atoms with Gasteiger partial charge in [0.2, 0.25) is 5.91 Å². The van der Waals surface area contributed by atoms with Crippen molar-refractivity contribution in [1.82, 2.24) is 4.90 Å². The lowest BCUT2D eigenvalue weighted by Crippen LogP contribution is -2.30. The molecule has 1 aromatic heterocycles. The van der Waals surface area contributed by atoms with Crippen LogP contribution >= 0.6 is 0 Å². The normalized spacial score (nSPS) is 13.0. The molecule has 6 heteroatoms. The number of carbonyl (C=O) groups is 1. The Hall–Kier alpha value is -2.60. The topological polar surface area (TPSA) is 67.6 Å². The highest BCUT2D eigenvalue weighted by molar-refractivity contribution is 7.90. The molecule has 160 valence electrons. The molecule has 2 aromatic carbocycles. The summed E-state index contributed by atoms with van der Waals surface area (Å²) in [5, 5.41) is 0.983. The number of hydrogen-bond acceptors (Lipinski definition) is 4. The van der Waals surface area contributed by atoms with Gasteiger partial charge in [-0.25, -0.2) is 8.42 Å². The van der Waals surface area contributed by atoms with Crippen molar-refractivity contribution in [3.05, 3.63) is 64.9 Å². The summed E-state index contributed by atoms with van der Waals surface area (Å²) in [5.41, 5.74) is 5.00. The highest BCUT2D eigenvalue weighted by Crippen LogP contribution is 2.30. The smallest absolute Gasteiger partial charge is 0.227 e. The summed E-state index contributed by atoms with van der Waals surface area (Å²) in [7, 11) is -1.47. The van der Waals surface area contributed by atoms with E-state index in [0.29, 0.717) is 5.92 Å². The molecule has 0 aliphatic carbocycles. The number of hydrogen-bond donors (Lipinski definition) is 0. The van der Waals surface area contributed by atoms with E-state index >= 15 is 0 Å². The molecule has 0 aliphatic rings. The van der Waals surface area contributed by atoms with Crippen molar-refractivity contribution in [3.63, 3.8) is 0 Å². The summed E-state index contributed by atoms with van der Waals surface area (Å²) in [6.07, 6.45) is 3.10. The number of aryl methyl sites for hydroxylation is 1. The van der Waals surface area contributed by atoms with Crippen molar-refractivity contribution in [1.29, 1.82) is 0 Å². The Kier molecular flexibility index (Phi) is 6.09. The van der Waals surface area contributed by atoms with E-state index in [9.17, 15) is 13.2 Å². The molecule has 1 unspecified atom stereocenters. The summed E-state index contributed by atoms with van der Waals surface area (Å²) >= 11 is 0. The van der Waals surface area contributed by atoms with Gasteiger partial charge in [0.1, 0.15) is 5.58 Å². The molecule has 0 bridgehead atoms. The number of benzene rings is 2. The summed E-state index contributed by atoms with van der Waals surface area (Å²) in [6, 6.07) is 10.7. The minimum absolute atomic E-state index is 0.0240. The highest BCUT2D eigenvalue weighted by atomic mass is 32.2. The van der Waals surface area contributed by atoms with Crippen molar-refractivity contribution in [3.8, 4) is 0 Å². The molecule has 0 saturated carbocycles. The number of carbonyl (C=O) groups excluding carboxylic acids is 1. The van der Waals surface area contributed by atoms with Gasteiger partial charge in [-0.05, 0) is 60.7 Å². The second-order valence-electron chi connectivity index (χ2n) is 8.32. The van der Waals surface area contributed by atoms with Gasteiger partial charge in [-0.15, -0.1) is 0 Å². The van der Waals surface area contributed by atoms with Crippen LogP contribution in [-0.2, 0) is 21.1 Å². The molecule has 0 saturated heterocycles. The van der Waals surface area contributed by atoms with E-state index in [4.69, 9.17) is 4.42 Å². The van der Waals surface area contributed by atoms with Crippen LogP contribution in [-0.4, -0.2) is 32.5 Å². The van der Waals surface area contributed by atoms with E-state index in [2.05, 4.69) is 26.8 Å². The maximum absolute atomic E-state index is 13.0. The first-order valence-electron chi connectivity index (χ1n) is 10.0. The Morgan fingerprint density at radius 1 is 1.10 bits per heavy atom. The van der Waals surface area contributed by atoms with Gasteiger partial charge in [0.15, 0.2) is 9.84 Å². The van der Waals surface area contributed by atoms with E-state index in [1.165, 1.54) is 17.4 Å². The van der Waals surface area contributed by atoms with Crippen LogP contribution in [0.5, 0.6) is 0 Å². The number of sulfone groups is 1. The van der Waals surface area contributed by atoms with Gasteiger partial charge >= 0.3 is 0 Å². The maximum Gasteiger partial charge on any atom is 0.227 e. The monoisotopic (exact) mass is 427 g/mol. The molecule has 1 amide bonds. The Balaban J connectivity index is 1.81. The second kappa shape index (κ2) is 8.26.